The Balaban J connectivity index is 3.82. The zero-order chi connectivity index (χ0) is 14.6. The normalized spacial score (nSPS) is 13.6. The van der Waals surface area contributed by atoms with Crippen LogP contribution in [0.4, 0.5) is 0 Å². The molecule has 0 fully saturated rings. The van der Waals surface area contributed by atoms with Gasteiger partial charge in [0.05, 0.1) is 5.25 Å². The second-order valence-electron chi connectivity index (χ2n) is 5.54. The summed E-state index contributed by atoms with van der Waals surface area (Å²) >= 11 is 0. The van der Waals surface area contributed by atoms with Crippen LogP contribution in [-0.4, -0.2) is 18.2 Å². The Labute approximate surface area is 119 Å². The standard InChI is InChI=1S/C15H32O3S/c1-3-5-7-9-10-12-14-15(19(16,17)18)13-11-8-6-4-2/h15H,3-14H2,1-2H3,(H,16,17,18)/t15-/m0/s1. The molecule has 0 aromatic carbocycles. The molecule has 0 rings (SSSR count). The predicted molar refractivity (Wildman–Crippen MR) is 82.1 cm³/mol. The van der Waals surface area contributed by atoms with E-state index >= 15 is 0 Å². The highest BCUT2D eigenvalue weighted by molar-refractivity contribution is 7.86. The maximum Gasteiger partial charge on any atom is 0.267 e. The van der Waals surface area contributed by atoms with Gasteiger partial charge in [-0.15, -0.1) is 0 Å². The summed E-state index contributed by atoms with van der Waals surface area (Å²) < 4.78 is 31.9. The lowest BCUT2D eigenvalue weighted by molar-refractivity contribution is 0.443. The molecule has 4 heteroatoms. The summed E-state index contributed by atoms with van der Waals surface area (Å²) in [6.07, 6.45) is 12.4. The summed E-state index contributed by atoms with van der Waals surface area (Å²) in [6.45, 7) is 4.32. The minimum Gasteiger partial charge on any atom is -0.285 e. The number of unbranched alkanes of at least 4 members (excludes halogenated alkanes) is 8. The van der Waals surface area contributed by atoms with Gasteiger partial charge in [-0.3, -0.25) is 4.55 Å². The molecule has 0 aliphatic carbocycles. The topological polar surface area (TPSA) is 54.4 Å². The van der Waals surface area contributed by atoms with Gasteiger partial charge in [-0.2, -0.15) is 8.42 Å². The average molecular weight is 292 g/mol. The molecule has 0 aliphatic rings. The Kier molecular flexibility index (Phi) is 11.7. The lowest BCUT2D eigenvalue weighted by Crippen LogP contribution is -2.20. The van der Waals surface area contributed by atoms with Crippen LogP contribution >= 0.6 is 0 Å². The zero-order valence-electron chi connectivity index (χ0n) is 12.7. The van der Waals surface area contributed by atoms with Crippen LogP contribution in [0.2, 0.25) is 0 Å². The van der Waals surface area contributed by atoms with Gasteiger partial charge in [0.15, 0.2) is 0 Å². The minimum absolute atomic E-state index is 0.532. The Morgan fingerprint density at radius 1 is 0.737 bits per heavy atom. The lowest BCUT2D eigenvalue weighted by Gasteiger charge is -2.13. The molecule has 0 amide bonds. The van der Waals surface area contributed by atoms with E-state index in [0.717, 1.165) is 38.5 Å². The van der Waals surface area contributed by atoms with Gasteiger partial charge in [-0.1, -0.05) is 78.1 Å². The molecule has 1 N–H and O–H groups in total. The summed E-state index contributed by atoms with van der Waals surface area (Å²) in [7, 11) is -3.85. The monoisotopic (exact) mass is 292 g/mol. The minimum atomic E-state index is -3.85. The molecule has 0 bridgehead atoms. The average Bonchev–Trinajstić information content (AvgIpc) is 2.34. The molecule has 116 valence electrons. The molecule has 0 radical (unpaired) electrons. The van der Waals surface area contributed by atoms with E-state index in [4.69, 9.17) is 0 Å². The number of rotatable bonds is 13. The van der Waals surface area contributed by atoms with E-state index in [1.807, 2.05) is 0 Å². The molecular formula is C15H32O3S. The van der Waals surface area contributed by atoms with E-state index in [-0.39, 0.29) is 0 Å². The highest BCUT2D eigenvalue weighted by Gasteiger charge is 2.21. The van der Waals surface area contributed by atoms with E-state index in [9.17, 15) is 13.0 Å². The molecule has 0 aliphatic heterocycles. The van der Waals surface area contributed by atoms with Gasteiger partial charge in [0.2, 0.25) is 0 Å². The Morgan fingerprint density at radius 3 is 1.53 bits per heavy atom. The Morgan fingerprint density at radius 2 is 1.11 bits per heavy atom. The van der Waals surface area contributed by atoms with Crippen molar-refractivity contribution in [2.75, 3.05) is 0 Å². The molecule has 0 saturated heterocycles. The molecular weight excluding hydrogens is 260 g/mol. The van der Waals surface area contributed by atoms with Crippen molar-refractivity contribution in [2.45, 2.75) is 96.1 Å². The third-order valence-corrected chi connectivity index (χ3v) is 4.99. The maximum atomic E-state index is 11.3. The van der Waals surface area contributed by atoms with Gasteiger partial charge in [0, 0.05) is 0 Å². The first-order valence-corrected chi connectivity index (χ1v) is 9.49. The molecule has 0 saturated carbocycles. The van der Waals surface area contributed by atoms with Gasteiger partial charge in [-0.25, -0.2) is 0 Å². The van der Waals surface area contributed by atoms with E-state index < -0.39 is 15.4 Å². The van der Waals surface area contributed by atoms with Gasteiger partial charge < -0.3 is 0 Å². The molecule has 0 spiro atoms. The molecule has 0 unspecified atom stereocenters. The van der Waals surface area contributed by atoms with Crippen LogP contribution < -0.4 is 0 Å². The summed E-state index contributed by atoms with van der Waals surface area (Å²) in [5, 5.41) is -0.532. The van der Waals surface area contributed by atoms with Crippen LogP contribution in [0.1, 0.15) is 90.9 Å². The first-order chi connectivity index (χ1) is 9.02. The fourth-order valence-corrected chi connectivity index (χ4v) is 3.32. The Hall–Kier alpha value is -0.0900. The second kappa shape index (κ2) is 11.7. The van der Waals surface area contributed by atoms with Gasteiger partial charge >= 0.3 is 0 Å². The van der Waals surface area contributed by atoms with Crippen molar-refractivity contribution in [1.29, 1.82) is 0 Å². The Bertz CT molecular complexity index is 286. The third kappa shape index (κ3) is 11.4. The van der Waals surface area contributed by atoms with Crippen molar-refractivity contribution < 1.29 is 13.0 Å². The summed E-state index contributed by atoms with van der Waals surface area (Å²) in [5.41, 5.74) is 0. The first kappa shape index (κ1) is 18.9. The van der Waals surface area contributed by atoms with Crippen molar-refractivity contribution in [1.82, 2.24) is 0 Å². The SMILES string of the molecule is CCCCCCCC[C@H](CCCCCC)S(=O)(=O)O. The van der Waals surface area contributed by atoms with Crippen LogP contribution in [0, 0.1) is 0 Å². The molecule has 19 heavy (non-hydrogen) atoms. The van der Waals surface area contributed by atoms with E-state index in [0.29, 0.717) is 12.8 Å². The first-order valence-electron chi connectivity index (χ1n) is 7.98. The quantitative estimate of drug-likeness (QED) is 0.385. The highest BCUT2D eigenvalue weighted by Crippen LogP contribution is 2.18. The summed E-state index contributed by atoms with van der Waals surface area (Å²) in [4.78, 5) is 0. The van der Waals surface area contributed by atoms with Gasteiger partial charge in [-0.05, 0) is 12.8 Å². The van der Waals surface area contributed by atoms with Crippen LogP contribution in [0.3, 0.4) is 0 Å². The third-order valence-electron chi connectivity index (χ3n) is 3.68. The summed E-state index contributed by atoms with van der Waals surface area (Å²) in [6, 6.07) is 0. The number of hydrogen-bond donors (Lipinski definition) is 1. The lowest BCUT2D eigenvalue weighted by atomic mass is 10.0. The van der Waals surface area contributed by atoms with Crippen molar-refractivity contribution in [2.24, 2.45) is 0 Å². The van der Waals surface area contributed by atoms with Gasteiger partial charge in [0.25, 0.3) is 10.1 Å². The van der Waals surface area contributed by atoms with Crippen LogP contribution in [-0.2, 0) is 10.1 Å². The van der Waals surface area contributed by atoms with Crippen LogP contribution in [0.15, 0.2) is 0 Å². The highest BCUT2D eigenvalue weighted by atomic mass is 32.2. The maximum absolute atomic E-state index is 11.3. The van der Waals surface area contributed by atoms with Crippen molar-refractivity contribution in [3.8, 4) is 0 Å². The molecule has 0 aromatic rings. The summed E-state index contributed by atoms with van der Waals surface area (Å²) in [5.74, 6) is 0. The molecule has 0 aromatic heterocycles. The largest absolute Gasteiger partial charge is 0.285 e. The van der Waals surface area contributed by atoms with E-state index in [1.54, 1.807) is 0 Å². The van der Waals surface area contributed by atoms with E-state index in [1.165, 1.54) is 25.7 Å². The fourth-order valence-electron chi connectivity index (χ4n) is 2.39. The molecule has 0 heterocycles. The van der Waals surface area contributed by atoms with Crippen molar-refractivity contribution in [3.05, 3.63) is 0 Å². The van der Waals surface area contributed by atoms with E-state index in [2.05, 4.69) is 13.8 Å². The van der Waals surface area contributed by atoms with Crippen LogP contribution in [0.5, 0.6) is 0 Å². The van der Waals surface area contributed by atoms with Crippen LogP contribution in [0.25, 0.3) is 0 Å². The smallest absolute Gasteiger partial charge is 0.267 e. The second-order valence-corrected chi connectivity index (χ2v) is 7.24. The number of hydrogen-bond acceptors (Lipinski definition) is 2. The predicted octanol–water partition coefficient (Wildman–Crippen LogP) is 4.96. The molecule has 3 nitrogen and oxygen atoms in total. The molecule has 1 atom stereocenters. The zero-order valence-corrected chi connectivity index (χ0v) is 13.6. The fraction of sp³-hybridized carbons (Fsp3) is 1.00. The van der Waals surface area contributed by atoms with Crippen molar-refractivity contribution >= 4 is 10.1 Å². The van der Waals surface area contributed by atoms with Crippen molar-refractivity contribution in [3.63, 3.8) is 0 Å². The van der Waals surface area contributed by atoms with Gasteiger partial charge in [0.1, 0.15) is 0 Å².